The molecular weight excluding hydrogens is 290 g/mol. The van der Waals surface area contributed by atoms with Crippen molar-refractivity contribution < 1.29 is 12.8 Å². The maximum absolute atomic E-state index is 12.6. The van der Waals surface area contributed by atoms with Crippen LogP contribution in [0, 0.1) is 6.92 Å². The highest BCUT2D eigenvalue weighted by molar-refractivity contribution is 7.87. The third kappa shape index (κ3) is 4.06. The summed E-state index contributed by atoms with van der Waals surface area (Å²) >= 11 is 0. The maximum Gasteiger partial charge on any atom is 0.280 e. The second-order valence-electron chi connectivity index (χ2n) is 5.61. The molecule has 0 radical (unpaired) electrons. The van der Waals surface area contributed by atoms with Gasteiger partial charge in [-0.05, 0) is 45.9 Å². The third-order valence-electron chi connectivity index (χ3n) is 3.84. The second-order valence-corrected chi connectivity index (χ2v) is 7.27. The molecule has 0 aliphatic carbocycles. The van der Waals surface area contributed by atoms with Gasteiger partial charge in [0.1, 0.15) is 11.5 Å². The Morgan fingerprint density at radius 1 is 1.43 bits per heavy atom. The monoisotopic (exact) mass is 315 g/mol. The van der Waals surface area contributed by atoms with Gasteiger partial charge in [0.2, 0.25) is 0 Å². The number of rotatable bonds is 6. The zero-order valence-corrected chi connectivity index (χ0v) is 13.7. The average molecular weight is 315 g/mol. The minimum Gasteiger partial charge on any atom is -0.465 e. The lowest BCUT2D eigenvalue weighted by Crippen LogP contribution is -2.52. The van der Waals surface area contributed by atoms with Crippen LogP contribution in [0.3, 0.4) is 0 Å². The Bertz CT molecular complexity index is 554. The molecule has 120 valence electrons. The zero-order valence-electron chi connectivity index (χ0n) is 12.9. The summed E-state index contributed by atoms with van der Waals surface area (Å²) in [6.45, 7) is 4.89. The lowest BCUT2D eigenvalue weighted by atomic mass is 10.1. The van der Waals surface area contributed by atoms with Gasteiger partial charge in [-0.3, -0.25) is 0 Å². The highest BCUT2D eigenvalue weighted by Crippen LogP contribution is 2.22. The van der Waals surface area contributed by atoms with E-state index in [1.807, 2.05) is 26.1 Å². The molecule has 2 unspecified atom stereocenters. The van der Waals surface area contributed by atoms with E-state index in [0.717, 1.165) is 25.0 Å². The molecule has 0 aromatic carbocycles. The van der Waals surface area contributed by atoms with E-state index in [1.165, 1.54) is 0 Å². The first-order valence-corrected chi connectivity index (χ1v) is 8.88. The fraction of sp³-hybridized carbons (Fsp3) is 0.714. The van der Waals surface area contributed by atoms with Gasteiger partial charge in [-0.25, -0.2) is 0 Å². The van der Waals surface area contributed by atoms with Crippen molar-refractivity contribution in [2.75, 3.05) is 20.1 Å². The van der Waals surface area contributed by atoms with E-state index < -0.39 is 10.2 Å². The van der Waals surface area contributed by atoms with Crippen LogP contribution < -0.4 is 10.0 Å². The number of likely N-dealkylation sites (N-methyl/N-ethyl adjacent to an activating group) is 1. The number of hydrogen-bond acceptors (Lipinski definition) is 4. The van der Waals surface area contributed by atoms with Gasteiger partial charge in [-0.1, -0.05) is 6.42 Å². The van der Waals surface area contributed by atoms with Crippen LogP contribution in [0.25, 0.3) is 0 Å². The van der Waals surface area contributed by atoms with Gasteiger partial charge < -0.3 is 9.73 Å². The summed E-state index contributed by atoms with van der Waals surface area (Å²) in [5.41, 5.74) is 0. The molecule has 2 N–H and O–H groups in total. The van der Waals surface area contributed by atoms with E-state index in [0.29, 0.717) is 18.8 Å². The fourth-order valence-corrected chi connectivity index (χ4v) is 4.41. The van der Waals surface area contributed by atoms with Crippen molar-refractivity contribution >= 4 is 10.2 Å². The standard InChI is InChI=1S/C14H25N3O3S/c1-11-7-8-14(20-11)12(2)16-21(18,19)17-9-5-4-6-13(17)10-15-3/h7-8,12-13,15-16H,4-6,9-10H2,1-3H3. The van der Waals surface area contributed by atoms with Crippen molar-refractivity contribution in [2.24, 2.45) is 0 Å². The Morgan fingerprint density at radius 2 is 2.19 bits per heavy atom. The van der Waals surface area contributed by atoms with Gasteiger partial charge in [-0.15, -0.1) is 0 Å². The Hall–Kier alpha value is -0.890. The van der Waals surface area contributed by atoms with Crippen LogP contribution in [0.4, 0.5) is 0 Å². The normalized spacial score (nSPS) is 22.3. The van der Waals surface area contributed by atoms with Gasteiger partial charge in [0.05, 0.1) is 6.04 Å². The summed E-state index contributed by atoms with van der Waals surface area (Å²) in [7, 11) is -1.66. The van der Waals surface area contributed by atoms with E-state index in [-0.39, 0.29) is 12.1 Å². The molecule has 2 atom stereocenters. The van der Waals surface area contributed by atoms with E-state index in [4.69, 9.17) is 4.42 Å². The molecule has 2 rings (SSSR count). The van der Waals surface area contributed by atoms with E-state index >= 15 is 0 Å². The number of aryl methyl sites for hydroxylation is 1. The first kappa shape index (κ1) is 16.5. The highest BCUT2D eigenvalue weighted by atomic mass is 32.2. The fourth-order valence-electron chi connectivity index (χ4n) is 2.77. The Kier molecular flexibility index (Phi) is 5.43. The first-order chi connectivity index (χ1) is 9.94. The lowest BCUT2D eigenvalue weighted by molar-refractivity contribution is 0.244. The summed E-state index contributed by atoms with van der Waals surface area (Å²) in [4.78, 5) is 0. The SMILES string of the molecule is CNCC1CCCCN1S(=O)(=O)NC(C)c1ccc(C)o1. The molecule has 0 bridgehead atoms. The number of furan rings is 1. The molecule has 2 heterocycles. The van der Waals surface area contributed by atoms with Crippen LogP contribution in [0.15, 0.2) is 16.5 Å². The van der Waals surface area contributed by atoms with E-state index in [2.05, 4.69) is 10.0 Å². The van der Waals surface area contributed by atoms with Crippen LogP contribution in [0.1, 0.15) is 43.7 Å². The number of nitrogens with one attached hydrogen (secondary N) is 2. The van der Waals surface area contributed by atoms with Crippen molar-refractivity contribution in [3.05, 3.63) is 23.7 Å². The molecule has 1 fully saturated rings. The largest absolute Gasteiger partial charge is 0.465 e. The first-order valence-electron chi connectivity index (χ1n) is 7.44. The van der Waals surface area contributed by atoms with E-state index in [1.54, 1.807) is 11.2 Å². The predicted molar refractivity (Wildman–Crippen MR) is 82.2 cm³/mol. The van der Waals surface area contributed by atoms with Gasteiger partial charge in [0.25, 0.3) is 10.2 Å². The average Bonchev–Trinajstić information content (AvgIpc) is 2.86. The number of nitrogens with zero attached hydrogens (tertiary/aromatic N) is 1. The number of hydrogen-bond donors (Lipinski definition) is 2. The van der Waals surface area contributed by atoms with Crippen molar-refractivity contribution in [2.45, 2.75) is 45.2 Å². The zero-order chi connectivity index (χ0) is 15.5. The predicted octanol–water partition coefficient (Wildman–Crippen LogP) is 1.56. The third-order valence-corrected chi connectivity index (χ3v) is 5.58. The summed E-state index contributed by atoms with van der Waals surface area (Å²) < 4.78 is 35.0. The van der Waals surface area contributed by atoms with Crippen LogP contribution in [0.5, 0.6) is 0 Å². The summed E-state index contributed by atoms with van der Waals surface area (Å²) in [6.07, 6.45) is 2.89. The highest BCUT2D eigenvalue weighted by Gasteiger charge is 2.33. The minimum atomic E-state index is -3.51. The summed E-state index contributed by atoms with van der Waals surface area (Å²) in [5, 5.41) is 3.08. The van der Waals surface area contributed by atoms with Crippen LogP contribution in [-0.2, 0) is 10.2 Å². The molecule has 21 heavy (non-hydrogen) atoms. The molecule has 6 nitrogen and oxygen atoms in total. The molecule has 7 heteroatoms. The quantitative estimate of drug-likeness (QED) is 0.835. The molecule has 0 amide bonds. The van der Waals surface area contributed by atoms with Gasteiger partial charge in [0, 0.05) is 19.1 Å². The topological polar surface area (TPSA) is 74.6 Å². The number of piperidine rings is 1. The van der Waals surface area contributed by atoms with Crippen molar-refractivity contribution in [1.82, 2.24) is 14.3 Å². The maximum atomic E-state index is 12.6. The summed E-state index contributed by atoms with van der Waals surface area (Å²) in [6, 6.07) is 3.29. The van der Waals surface area contributed by atoms with Crippen LogP contribution >= 0.6 is 0 Å². The molecule has 0 spiro atoms. The smallest absolute Gasteiger partial charge is 0.280 e. The Balaban J connectivity index is 2.09. The Morgan fingerprint density at radius 3 is 2.81 bits per heavy atom. The molecule has 1 aliphatic heterocycles. The molecule has 0 saturated carbocycles. The molecule has 1 saturated heterocycles. The lowest BCUT2D eigenvalue weighted by Gasteiger charge is -2.35. The van der Waals surface area contributed by atoms with Crippen LogP contribution in [0.2, 0.25) is 0 Å². The van der Waals surface area contributed by atoms with Gasteiger partial charge in [-0.2, -0.15) is 17.4 Å². The molecule has 1 aromatic heterocycles. The second kappa shape index (κ2) is 6.91. The van der Waals surface area contributed by atoms with Gasteiger partial charge in [0.15, 0.2) is 0 Å². The van der Waals surface area contributed by atoms with Crippen LogP contribution in [-0.4, -0.2) is 38.9 Å². The minimum absolute atomic E-state index is 0.0202. The summed E-state index contributed by atoms with van der Waals surface area (Å²) in [5.74, 6) is 1.42. The Labute approximate surface area is 127 Å². The van der Waals surface area contributed by atoms with Gasteiger partial charge >= 0.3 is 0 Å². The molecule has 1 aromatic rings. The van der Waals surface area contributed by atoms with Crippen molar-refractivity contribution in [3.63, 3.8) is 0 Å². The molecular formula is C14H25N3O3S. The van der Waals surface area contributed by atoms with E-state index in [9.17, 15) is 8.42 Å². The van der Waals surface area contributed by atoms with Crippen molar-refractivity contribution in [3.8, 4) is 0 Å². The molecule has 1 aliphatic rings. The van der Waals surface area contributed by atoms with Crippen molar-refractivity contribution in [1.29, 1.82) is 0 Å².